The number of benzene rings is 2. The molecule has 0 aliphatic rings. The topological polar surface area (TPSA) is 47.3 Å². The number of imidazole rings is 1. The number of hydrogen-bond donors (Lipinski definition) is 1. The zero-order valence-corrected chi connectivity index (χ0v) is 15.5. The van der Waals surface area contributed by atoms with Crippen molar-refractivity contribution in [2.24, 2.45) is 0 Å². The first-order chi connectivity index (χ1) is 12.5. The van der Waals surface area contributed by atoms with Gasteiger partial charge in [-0.15, -0.1) is 6.58 Å². The number of para-hydroxylation sites is 3. The maximum absolute atomic E-state index is 10.5. The van der Waals surface area contributed by atoms with Crippen molar-refractivity contribution in [3.05, 3.63) is 72.6 Å². The van der Waals surface area contributed by atoms with E-state index in [4.69, 9.17) is 4.74 Å². The predicted molar refractivity (Wildman–Crippen MR) is 105 cm³/mol. The fourth-order valence-electron chi connectivity index (χ4n) is 3.14. The predicted octanol–water partition coefficient (Wildman–Crippen LogP) is 4.46. The summed E-state index contributed by atoms with van der Waals surface area (Å²) in [5, 5.41) is 10.5. The number of rotatable bonds is 8. The Morgan fingerprint density at radius 2 is 1.88 bits per heavy atom. The summed E-state index contributed by atoms with van der Waals surface area (Å²) in [5.74, 6) is 1.59. The molecule has 26 heavy (non-hydrogen) atoms. The van der Waals surface area contributed by atoms with Crippen LogP contribution in [0.3, 0.4) is 0 Å². The van der Waals surface area contributed by atoms with Gasteiger partial charge in [0.2, 0.25) is 0 Å². The zero-order valence-electron chi connectivity index (χ0n) is 15.5. The Morgan fingerprint density at radius 1 is 1.15 bits per heavy atom. The van der Waals surface area contributed by atoms with E-state index in [9.17, 15) is 5.11 Å². The molecule has 2 aromatic carbocycles. The van der Waals surface area contributed by atoms with Gasteiger partial charge in [-0.25, -0.2) is 4.98 Å². The molecule has 1 heterocycles. The number of aryl methyl sites for hydroxylation is 1. The third kappa shape index (κ3) is 3.97. The normalized spacial score (nSPS) is 11.7. The van der Waals surface area contributed by atoms with Crippen LogP contribution >= 0.6 is 0 Å². The number of aliphatic hydroxyl groups is 1. The van der Waals surface area contributed by atoms with E-state index in [1.807, 2.05) is 48.5 Å². The van der Waals surface area contributed by atoms with Crippen molar-refractivity contribution >= 4 is 11.0 Å². The average molecular weight is 350 g/mol. The molecule has 0 atom stereocenters. The largest absolute Gasteiger partial charge is 0.493 e. The molecule has 3 rings (SSSR count). The molecule has 1 aromatic heterocycles. The highest BCUT2D eigenvalue weighted by molar-refractivity contribution is 5.76. The summed E-state index contributed by atoms with van der Waals surface area (Å²) in [4.78, 5) is 4.62. The van der Waals surface area contributed by atoms with Crippen LogP contribution in [0.5, 0.6) is 5.75 Å². The smallest absolute Gasteiger partial charge is 0.141 e. The van der Waals surface area contributed by atoms with Crippen LogP contribution < -0.4 is 4.74 Å². The Labute approximate surface area is 154 Å². The van der Waals surface area contributed by atoms with E-state index in [-0.39, 0.29) is 0 Å². The first-order valence-corrected chi connectivity index (χ1v) is 9.00. The summed E-state index contributed by atoms with van der Waals surface area (Å²) in [5.41, 5.74) is 2.10. The van der Waals surface area contributed by atoms with Gasteiger partial charge in [0.1, 0.15) is 17.2 Å². The van der Waals surface area contributed by atoms with E-state index in [1.165, 1.54) is 0 Å². The summed E-state index contributed by atoms with van der Waals surface area (Å²) in [7, 11) is 0. The summed E-state index contributed by atoms with van der Waals surface area (Å²) < 4.78 is 8.07. The van der Waals surface area contributed by atoms with Gasteiger partial charge in [0, 0.05) is 6.54 Å². The van der Waals surface area contributed by atoms with E-state index < -0.39 is 5.60 Å². The molecule has 0 fully saturated rings. The molecule has 0 aliphatic carbocycles. The van der Waals surface area contributed by atoms with Gasteiger partial charge in [-0.2, -0.15) is 0 Å². The van der Waals surface area contributed by atoms with Crippen molar-refractivity contribution in [2.75, 3.05) is 6.61 Å². The molecule has 0 saturated carbocycles. The highest BCUT2D eigenvalue weighted by Crippen LogP contribution is 2.25. The van der Waals surface area contributed by atoms with Gasteiger partial charge < -0.3 is 14.4 Å². The molecule has 0 unspecified atom stereocenters. The summed E-state index contributed by atoms with van der Waals surface area (Å²) >= 11 is 0. The molecule has 0 aliphatic heterocycles. The number of aromatic nitrogens is 2. The molecule has 4 nitrogen and oxygen atoms in total. The molecule has 136 valence electrons. The second kappa shape index (κ2) is 7.75. The number of ether oxygens (including phenoxy) is 1. The highest BCUT2D eigenvalue weighted by Gasteiger charge is 2.24. The number of nitrogens with zero attached hydrogens (tertiary/aromatic N) is 2. The molecular weight excluding hydrogens is 324 g/mol. The summed E-state index contributed by atoms with van der Waals surface area (Å²) in [6.07, 6.45) is 3.51. The lowest BCUT2D eigenvalue weighted by molar-refractivity contribution is 0.0649. The third-order valence-corrected chi connectivity index (χ3v) is 4.32. The van der Waals surface area contributed by atoms with Gasteiger partial charge in [-0.3, -0.25) is 0 Å². The van der Waals surface area contributed by atoms with E-state index in [0.717, 1.165) is 41.7 Å². The Hall–Kier alpha value is -2.59. The van der Waals surface area contributed by atoms with Crippen LogP contribution in [-0.4, -0.2) is 21.3 Å². The second-order valence-electron chi connectivity index (χ2n) is 6.94. The first kappa shape index (κ1) is 18.2. The minimum absolute atomic E-state index is 0.603. The fourth-order valence-corrected chi connectivity index (χ4v) is 3.14. The van der Waals surface area contributed by atoms with Gasteiger partial charge in [0.15, 0.2) is 0 Å². The Balaban J connectivity index is 1.72. The van der Waals surface area contributed by atoms with Crippen molar-refractivity contribution in [3.63, 3.8) is 0 Å². The lowest BCUT2D eigenvalue weighted by Gasteiger charge is -2.19. The van der Waals surface area contributed by atoms with E-state index in [0.29, 0.717) is 12.4 Å². The van der Waals surface area contributed by atoms with Gasteiger partial charge >= 0.3 is 0 Å². The summed E-state index contributed by atoms with van der Waals surface area (Å²) in [6.45, 7) is 8.68. The SMILES string of the molecule is C=CCc1ccccc1OCCCn1c(C(C)(C)O)nc2ccccc21. The standard InChI is InChI=1S/C22H26N2O2/c1-4-10-17-11-5-8-14-20(17)26-16-9-15-24-19-13-7-6-12-18(19)23-21(24)22(2,3)25/h4-8,11-14,25H,1,9-10,15-16H2,2-3H3. The third-order valence-electron chi connectivity index (χ3n) is 4.32. The van der Waals surface area contributed by atoms with Crippen LogP contribution in [0.1, 0.15) is 31.7 Å². The molecule has 1 N–H and O–H groups in total. The maximum Gasteiger partial charge on any atom is 0.141 e. The van der Waals surface area contributed by atoms with Crippen molar-refractivity contribution in [3.8, 4) is 5.75 Å². The van der Waals surface area contributed by atoms with Crippen LogP contribution in [0.25, 0.3) is 11.0 Å². The molecule has 0 radical (unpaired) electrons. The van der Waals surface area contributed by atoms with Gasteiger partial charge in [0.25, 0.3) is 0 Å². The van der Waals surface area contributed by atoms with Crippen LogP contribution in [-0.2, 0) is 18.6 Å². The molecule has 4 heteroatoms. The lowest BCUT2D eigenvalue weighted by Crippen LogP contribution is -2.22. The maximum atomic E-state index is 10.5. The number of fused-ring (bicyclic) bond motifs is 1. The van der Waals surface area contributed by atoms with Crippen LogP contribution in [0, 0.1) is 0 Å². The highest BCUT2D eigenvalue weighted by atomic mass is 16.5. The first-order valence-electron chi connectivity index (χ1n) is 9.00. The van der Waals surface area contributed by atoms with E-state index >= 15 is 0 Å². The minimum atomic E-state index is -0.990. The lowest BCUT2D eigenvalue weighted by atomic mass is 10.1. The van der Waals surface area contributed by atoms with Gasteiger partial charge in [-0.1, -0.05) is 36.4 Å². The molecule has 0 spiro atoms. The van der Waals surface area contributed by atoms with Crippen molar-refractivity contribution < 1.29 is 9.84 Å². The molecular formula is C22H26N2O2. The zero-order chi connectivity index (χ0) is 18.6. The molecule has 0 saturated heterocycles. The number of hydrogen-bond acceptors (Lipinski definition) is 3. The van der Waals surface area contributed by atoms with Gasteiger partial charge in [0.05, 0.1) is 17.6 Å². The average Bonchev–Trinajstić information content (AvgIpc) is 2.99. The minimum Gasteiger partial charge on any atom is -0.493 e. The van der Waals surface area contributed by atoms with Crippen molar-refractivity contribution in [1.29, 1.82) is 0 Å². The molecule has 0 bridgehead atoms. The fraction of sp³-hybridized carbons (Fsp3) is 0.318. The van der Waals surface area contributed by atoms with E-state index in [2.05, 4.69) is 22.2 Å². The summed E-state index contributed by atoms with van der Waals surface area (Å²) in [6, 6.07) is 16.0. The number of allylic oxidation sites excluding steroid dienone is 1. The van der Waals surface area contributed by atoms with Crippen LogP contribution in [0.15, 0.2) is 61.2 Å². The van der Waals surface area contributed by atoms with Crippen molar-refractivity contribution in [2.45, 2.75) is 38.8 Å². The molecule has 0 amide bonds. The van der Waals surface area contributed by atoms with Gasteiger partial charge in [-0.05, 0) is 50.5 Å². The molecule has 3 aromatic rings. The van der Waals surface area contributed by atoms with Crippen LogP contribution in [0.4, 0.5) is 0 Å². The quantitative estimate of drug-likeness (QED) is 0.482. The van der Waals surface area contributed by atoms with E-state index in [1.54, 1.807) is 13.8 Å². The van der Waals surface area contributed by atoms with Crippen molar-refractivity contribution in [1.82, 2.24) is 9.55 Å². The Morgan fingerprint density at radius 3 is 2.65 bits per heavy atom. The van der Waals surface area contributed by atoms with Crippen LogP contribution in [0.2, 0.25) is 0 Å². The Bertz CT molecular complexity index is 891. The Kier molecular flexibility index (Phi) is 5.43. The second-order valence-corrected chi connectivity index (χ2v) is 6.94. The monoisotopic (exact) mass is 350 g/mol.